The summed E-state index contributed by atoms with van der Waals surface area (Å²) in [7, 11) is 0. The molecule has 0 saturated heterocycles. The van der Waals surface area contributed by atoms with Crippen molar-refractivity contribution < 1.29 is 0 Å². The van der Waals surface area contributed by atoms with E-state index in [0.29, 0.717) is 5.41 Å². The van der Waals surface area contributed by atoms with E-state index in [1.54, 1.807) is 0 Å². The summed E-state index contributed by atoms with van der Waals surface area (Å²) in [5.74, 6) is 0.891. The molecule has 1 aliphatic carbocycles. The Kier molecular flexibility index (Phi) is 1.91. The molecule has 1 rings (SSSR count). The third kappa shape index (κ3) is 1.17. The summed E-state index contributed by atoms with van der Waals surface area (Å²) in [4.78, 5) is 0.750. The Bertz CT molecular complexity index is 95.1. The normalized spacial score (nSPS) is 41.3. The van der Waals surface area contributed by atoms with Gasteiger partial charge in [-0.2, -0.15) is 0 Å². The minimum atomic E-state index is 0.528. The lowest BCUT2D eigenvalue weighted by Crippen LogP contribution is -2.22. The fourth-order valence-corrected chi connectivity index (χ4v) is 2.16. The van der Waals surface area contributed by atoms with E-state index >= 15 is 0 Å². The third-order valence-electron chi connectivity index (χ3n) is 2.93. The highest BCUT2D eigenvalue weighted by Crippen LogP contribution is 2.46. The summed E-state index contributed by atoms with van der Waals surface area (Å²) >= 11 is 3.70. The number of hydrogen-bond acceptors (Lipinski definition) is 0. The van der Waals surface area contributed by atoms with Crippen molar-refractivity contribution in [1.29, 1.82) is 0 Å². The lowest BCUT2D eigenvalue weighted by atomic mass is 9.83. The summed E-state index contributed by atoms with van der Waals surface area (Å²) in [6, 6.07) is 0. The predicted molar refractivity (Wildman–Crippen MR) is 44.9 cm³/mol. The molecule has 0 aliphatic heterocycles. The Morgan fingerprint density at radius 2 is 1.89 bits per heavy atom. The van der Waals surface area contributed by atoms with Crippen LogP contribution in [0, 0.1) is 11.3 Å². The van der Waals surface area contributed by atoms with Crippen molar-refractivity contribution in [3.05, 3.63) is 0 Å². The van der Waals surface area contributed by atoms with Gasteiger partial charge in [-0.25, -0.2) is 0 Å². The van der Waals surface area contributed by atoms with Crippen LogP contribution in [0.5, 0.6) is 0 Å². The van der Waals surface area contributed by atoms with Crippen LogP contribution in [0.25, 0.3) is 0 Å². The number of alkyl halides is 1. The van der Waals surface area contributed by atoms with Crippen molar-refractivity contribution >= 4 is 15.9 Å². The molecule has 1 fully saturated rings. The number of rotatable bonds is 0. The molecule has 0 aromatic rings. The van der Waals surface area contributed by atoms with Gasteiger partial charge >= 0.3 is 0 Å². The number of halogens is 1. The first-order chi connectivity index (χ1) is 4.05. The van der Waals surface area contributed by atoms with Crippen LogP contribution in [0.15, 0.2) is 0 Å². The molecule has 0 aromatic carbocycles. The Hall–Kier alpha value is 0.480. The summed E-state index contributed by atoms with van der Waals surface area (Å²) in [5.41, 5.74) is 0.528. The van der Waals surface area contributed by atoms with Gasteiger partial charge in [-0.1, -0.05) is 36.7 Å². The van der Waals surface area contributed by atoms with Gasteiger partial charge in [-0.05, 0) is 24.2 Å². The van der Waals surface area contributed by atoms with Crippen LogP contribution in [0.4, 0.5) is 0 Å². The molecule has 1 saturated carbocycles. The molecule has 2 atom stereocenters. The molecule has 54 valence electrons. The smallest absolute Gasteiger partial charge is 0.0199 e. The Labute approximate surface area is 66.2 Å². The zero-order valence-electron chi connectivity index (χ0n) is 6.45. The molecule has 0 nitrogen and oxygen atoms in total. The van der Waals surface area contributed by atoms with E-state index in [4.69, 9.17) is 0 Å². The van der Waals surface area contributed by atoms with E-state index < -0.39 is 0 Å². The van der Waals surface area contributed by atoms with Gasteiger partial charge in [0.1, 0.15) is 0 Å². The van der Waals surface area contributed by atoms with Crippen molar-refractivity contribution in [3.63, 3.8) is 0 Å². The minimum Gasteiger partial charge on any atom is -0.0885 e. The molecule has 0 heterocycles. The van der Waals surface area contributed by atoms with Gasteiger partial charge in [0.25, 0.3) is 0 Å². The second-order valence-electron chi connectivity index (χ2n) is 3.77. The summed E-state index contributed by atoms with van der Waals surface area (Å²) < 4.78 is 0. The lowest BCUT2D eigenvalue weighted by Gasteiger charge is -2.27. The summed E-state index contributed by atoms with van der Waals surface area (Å²) in [6.45, 7) is 7.05. The van der Waals surface area contributed by atoms with Gasteiger partial charge in [-0.15, -0.1) is 0 Å². The molecule has 0 radical (unpaired) electrons. The first-order valence-corrected chi connectivity index (χ1v) is 4.61. The minimum absolute atomic E-state index is 0.528. The Morgan fingerprint density at radius 1 is 1.33 bits per heavy atom. The van der Waals surface area contributed by atoms with E-state index in [2.05, 4.69) is 36.7 Å². The van der Waals surface area contributed by atoms with Crippen molar-refractivity contribution in [1.82, 2.24) is 0 Å². The van der Waals surface area contributed by atoms with Crippen LogP contribution in [0.3, 0.4) is 0 Å². The second-order valence-corrected chi connectivity index (χ2v) is 4.87. The maximum absolute atomic E-state index is 3.70. The van der Waals surface area contributed by atoms with Gasteiger partial charge in [0.05, 0.1) is 0 Å². The molecule has 2 unspecified atom stereocenters. The largest absolute Gasteiger partial charge is 0.0885 e. The molecule has 0 aromatic heterocycles. The average Bonchev–Trinajstić information content (AvgIpc) is 1.96. The Morgan fingerprint density at radius 3 is 2.00 bits per heavy atom. The Balaban J connectivity index is 2.66. The van der Waals surface area contributed by atoms with Gasteiger partial charge < -0.3 is 0 Å². The standard InChI is InChI=1S/C8H15Br/c1-6-4-5-7(9)8(6,2)3/h6-7H,4-5H2,1-3H3. The molecule has 9 heavy (non-hydrogen) atoms. The summed E-state index contributed by atoms with van der Waals surface area (Å²) in [5, 5.41) is 0. The van der Waals surface area contributed by atoms with Gasteiger partial charge in [0.2, 0.25) is 0 Å². The SMILES string of the molecule is CC1CCC(Br)C1(C)C. The molecule has 0 amide bonds. The number of hydrogen-bond donors (Lipinski definition) is 0. The second kappa shape index (κ2) is 2.26. The first-order valence-electron chi connectivity index (χ1n) is 3.69. The average molecular weight is 191 g/mol. The van der Waals surface area contributed by atoms with E-state index in [0.717, 1.165) is 10.7 Å². The molecular formula is C8H15Br. The quantitative estimate of drug-likeness (QED) is 0.516. The third-order valence-corrected chi connectivity index (χ3v) is 4.57. The maximum atomic E-state index is 3.70. The van der Waals surface area contributed by atoms with Crippen LogP contribution < -0.4 is 0 Å². The van der Waals surface area contributed by atoms with Crippen molar-refractivity contribution in [2.24, 2.45) is 11.3 Å². The van der Waals surface area contributed by atoms with Crippen molar-refractivity contribution in [2.75, 3.05) is 0 Å². The molecule has 1 aliphatic rings. The lowest BCUT2D eigenvalue weighted by molar-refractivity contribution is 0.291. The van der Waals surface area contributed by atoms with Crippen molar-refractivity contribution in [3.8, 4) is 0 Å². The van der Waals surface area contributed by atoms with E-state index in [9.17, 15) is 0 Å². The van der Waals surface area contributed by atoms with Gasteiger partial charge in [0, 0.05) is 4.83 Å². The van der Waals surface area contributed by atoms with Crippen molar-refractivity contribution in [2.45, 2.75) is 38.4 Å². The summed E-state index contributed by atoms with van der Waals surface area (Å²) in [6.07, 6.45) is 2.75. The molecular weight excluding hydrogens is 176 g/mol. The fraction of sp³-hybridized carbons (Fsp3) is 1.00. The van der Waals surface area contributed by atoms with Crippen LogP contribution >= 0.6 is 15.9 Å². The highest BCUT2D eigenvalue weighted by atomic mass is 79.9. The molecule has 0 bridgehead atoms. The van der Waals surface area contributed by atoms with Crippen LogP contribution in [0.1, 0.15) is 33.6 Å². The van der Waals surface area contributed by atoms with Gasteiger partial charge in [0.15, 0.2) is 0 Å². The van der Waals surface area contributed by atoms with Crippen LogP contribution in [0.2, 0.25) is 0 Å². The van der Waals surface area contributed by atoms with Crippen LogP contribution in [-0.4, -0.2) is 4.83 Å². The van der Waals surface area contributed by atoms with E-state index in [1.165, 1.54) is 12.8 Å². The van der Waals surface area contributed by atoms with Gasteiger partial charge in [-0.3, -0.25) is 0 Å². The van der Waals surface area contributed by atoms with Crippen LogP contribution in [-0.2, 0) is 0 Å². The van der Waals surface area contributed by atoms with E-state index in [-0.39, 0.29) is 0 Å². The zero-order chi connectivity index (χ0) is 7.07. The first kappa shape index (κ1) is 7.59. The maximum Gasteiger partial charge on any atom is 0.0199 e. The topological polar surface area (TPSA) is 0 Å². The zero-order valence-corrected chi connectivity index (χ0v) is 8.03. The fourth-order valence-electron chi connectivity index (χ4n) is 1.45. The highest BCUT2D eigenvalue weighted by molar-refractivity contribution is 9.09. The van der Waals surface area contributed by atoms with E-state index in [1.807, 2.05) is 0 Å². The highest BCUT2D eigenvalue weighted by Gasteiger charge is 2.38. The molecule has 0 spiro atoms. The predicted octanol–water partition coefficient (Wildman–Crippen LogP) is 3.21. The molecule has 1 heteroatoms. The monoisotopic (exact) mass is 190 g/mol. The molecule has 0 N–H and O–H groups in total.